The number of ether oxygens (including phenoxy) is 1. The molecule has 0 aliphatic heterocycles. The van der Waals surface area contributed by atoms with Crippen molar-refractivity contribution >= 4 is 11.7 Å². The number of hydrogen-bond donors (Lipinski definition) is 0. The molecule has 7 heteroatoms. The monoisotopic (exact) mass is 289 g/mol. The number of hydrogen-bond acceptors (Lipinski definition) is 5. The van der Waals surface area contributed by atoms with Gasteiger partial charge < -0.3 is 9.30 Å². The Morgan fingerprint density at radius 1 is 1.43 bits per heavy atom. The fourth-order valence-electron chi connectivity index (χ4n) is 2.14. The normalized spacial score (nSPS) is 10.4. The Balaban J connectivity index is 2.44. The van der Waals surface area contributed by atoms with E-state index in [0.29, 0.717) is 23.6 Å². The van der Waals surface area contributed by atoms with Crippen molar-refractivity contribution in [2.75, 3.05) is 7.11 Å². The van der Waals surface area contributed by atoms with Gasteiger partial charge in [-0.15, -0.1) is 0 Å². The second-order valence-corrected chi connectivity index (χ2v) is 4.59. The van der Waals surface area contributed by atoms with Crippen molar-refractivity contribution in [1.82, 2.24) is 9.55 Å². The predicted molar refractivity (Wildman–Crippen MR) is 75.2 cm³/mol. The van der Waals surface area contributed by atoms with Gasteiger partial charge in [0.1, 0.15) is 11.5 Å². The zero-order valence-corrected chi connectivity index (χ0v) is 12.0. The number of aryl methyl sites for hydroxylation is 1. The smallest absolute Gasteiger partial charge is 0.356 e. The number of carbonyl (C=O) groups is 1. The third-order valence-corrected chi connectivity index (χ3v) is 3.39. The first kappa shape index (κ1) is 14.7. The molecule has 21 heavy (non-hydrogen) atoms. The van der Waals surface area contributed by atoms with Gasteiger partial charge in [0.05, 0.1) is 24.8 Å². The molecule has 0 N–H and O–H groups in total. The molecule has 0 saturated heterocycles. The van der Waals surface area contributed by atoms with Crippen LogP contribution in [0.5, 0.6) is 0 Å². The van der Waals surface area contributed by atoms with Crippen LogP contribution in [0.1, 0.15) is 27.4 Å². The van der Waals surface area contributed by atoms with Crippen molar-refractivity contribution in [1.29, 1.82) is 0 Å². The molecule has 0 fully saturated rings. The first-order chi connectivity index (χ1) is 9.95. The Morgan fingerprint density at radius 3 is 2.76 bits per heavy atom. The van der Waals surface area contributed by atoms with Crippen LogP contribution in [0.2, 0.25) is 0 Å². The number of carbonyl (C=O) groups excluding carboxylic acids is 1. The van der Waals surface area contributed by atoms with Gasteiger partial charge in [-0.25, -0.2) is 9.78 Å². The molecule has 0 bridgehead atoms. The second kappa shape index (κ2) is 5.74. The molecule has 0 amide bonds. The molecule has 0 aliphatic rings. The topological polar surface area (TPSA) is 87.3 Å². The van der Waals surface area contributed by atoms with Crippen LogP contribution in [0.3, 0.4) is 0 Å². The van der Waals surface area contributed by atoms with E-state index >= 15 is 0 Å². The van der Waals surface area contributed by atoms with Crippen molar-refractivity contribution < 1.29 is 14.5 Å². The highest BCUT2D eigenvalue weighted by atomic mass is 16.6. The predicted octanol–water partition coefficient (Wildman–Crippen LogP) is 2.24. The van der Waals surface area contributed by atoms with E-state index in [2.05, 4.69) is 4.98 Å². The van der Waals surface area contributed by atoms with Crippen LogP contribution in [0, 0.1) is 24.0 Å². The van der Waals surface area contributed by atoms with Gasteiger partial charge in [-0.2, -0.15) is 0 Å². The SMILES string of the molecule is COC(=O)c1cnc(C)n1Cc1cccc([N+](=O)[O-])c1C. The van der Waals surface area contributed by atoms with Crippen LogP contribution in [-0.4, -0.2) is 27.6 Å². The maximum Gasteiger partial charge on any atom is 0.356 e. The minimum absolute atomic E-state index is 0.0601. The summed E-state index contributed by atoms with van der Waals surface area (Å²) in [6.07, 6.45) is 1.44. The fourth-order valence-corrected chi connectivity index (χ4v) is 2.14. The zero-order chi connectivity index (χ0) is 15.6. The van der Waals surface area contributed by atoms with E-state index < -0.39 is 10.9 Å². The lowest BCUT2D eigenvalue weighted by Crippen LogP contribution is -2.13. The first-order valence-corrected chi connectivity index (χ1v) is 6.29. The third-order valence-electron chi connectivity index (χ3n) is 3.39. The van der Waals surface area contributed by atoms with Gasteiger partial charge in [0, 0.05) is 11.6 Å². The van der Waals surface area contributed by atoms with Crippen LogP contribution >= 0.6 is 0 Å². The number of rotatable bonds is 4. The van der Waals surface area contributed by atoms with Crippen molar-refractivity contribution in [3.63, 3.8) is 0 Å². The highest BCUT2D eigenvalue weighted by Crippen LogP contribution is 2.22. The number of nitro groups is 1. The van der Waals surface area contributed by atoms with Crippen LogP contribution < -0.4 is 0 Å². The van der Waals surface area contributed by atoms with Gasteiger partial charge in [-0.1, -0.05) is 12.1 Å². The van der Waals surface area contributed by atoms with E-state index in [1.807, 2.05) is 0 Å². The number of aromatic nitrogens is 2. The minimum Gasteiger partial charge on any atom is -0.464 e. The van der Waals surface area contributed by atoms with Gasteiger partial charge in [0.2, 0.25) is 0 Å². The average molecular weight is 289 g/mol. The van der Waals surface area contributed by atoms with Gasteiger partial charge in [-0.3, -0.25) is 10.1 Å². The van der Waals surface area contributed by atoms with E-state index in [1.165, 1.54) is 19.4 Å². The lowest BCUT2D eigenvalue weighted by molar-refractivity contribution is -0.385. The molecule has 0 unspecified atom stereocenters. The molecular weight excluding hydrogens is 274 g/mol. The summed E-state index contributed by atoms with van der Waals surface area (Å²) in [6, 6.07) is 4.88. The number of imidazole rings is 1. The Labute approximate surface area is 121 Å². The third kappa shape index (κ3) is 2.76. The Bertz CT molecular complexity index is 706. The highest BCUT2D eigenvalue weighted by molar-refractivity contribution is 5.87. The molecule has 1 heterocycles. The molecule has 0 saturated carbocycles. The summed E-state index contributed by atoms with van der Waals surface area (Å²) < 4.78 is 6.39. The quantitative estimate of drug-likeness (QED) is 0.489. The van der Waals surface area contributed by atoms with Crippen LogP contribution in [0.15, 0.2) is 24.4 Å². The summed E-state index contributed by atoms with van der Waals surface area (Å²) in [5.41, 5.74) is 1.72. The maximum absolute atomic E-state index is 11.7. The summed E-state index contributed by atoms with van der Waals surface area (Å²) in [5, 5.41) is 11.0. The summed E-state index contributed by atoms with van der Waals surface area (Å²) in [6.45, 7) is 3.78. The van der Waals surface area contributed by atoms with E-state index in [0.717, 1.165) is 5.56 Å². The molecule has 0 radical (unpaired) electrons. The van der Waals surface area contributed by atoms with Crippen LogP contribution in [0.25, 0.3) is 0 Å². The number of methoxy groups -OCH3 is 1. The van der Waals surface area contributed by atoms with Gasteiger partial charge >= 0.3 is 5.97 Å². The molecule has 0 spiro atoms. The molecule has 1 aromatic carbocycles. The lowest BCUT2D eigenvalue weighted by atomic mass is 10.1. The molecule has 2 rings (SSSR count). The molecule has 1 aromatic heterocycles. The van der Waals surface area contributed by atoms with Gasteiger partial charge in [0.15, 0.2) is 0 Å². The minimum atomic E-state index is -0.487. The molecule has 0 atom stereocenters. The van der Waals surface area contributed by atoms with Gasteiger partial charge in [0.25, 0.3) is 5.69 Å². The van der Waals surface area contributed by atoms with E-state index in [1.54, 1.807) is 30.5 Å². The largest absolute Gasteiger partial charge is 0.464 e. The summed E-state index contributed by atoms with van der Waals surface area (Å²) >= 11 is 0. The summed E-state index contributed by atoms with van der Waals surface area (Å²) in [5.74, 6) is 0.153. The van der Waals surface area contributed by atoms with Gasteiger partial charge in [-0.05, 0) is 19.4 Å². The number of nitro benzene ring substituents is 1. The van der Waals surface area contributed by atoms with Crippen LogP contribution in [0.4, 0.5) is 5.69 Å². The highest BCUT2D eigenvalue weighted by Gasteiger charge is 2.18. The van der Waals surface area contributed by atoms with Crippen molar-refractivity contribution in [2.24, 2.45) is 0 Å². The maximum atomic E-state index is 11.7. The van der Waals surface area contributed by atoms with E-state index in [4.69, 9.17) is 4.74 Å². The summed E-state index contributed by atoms with van der Waals surface area (Å²) in [4.78, 5) is 26.4. The lowest BCUT2D eigenvalue weighted by Gasteiger charge is -2.11. The van der Waals surface area contributed by atoms with Crippen molar-refractivity contribution in [3.8, 4) is 0 Å². The first-order valence-electron chi connectivity index (χ1n) is 6.29. The van der Waals surface area contributed by atoms with Crippen LogP contribution in [-0.2, 0) is 11.3 Å². The molecule has 110 valence electrons. The second-order valence-electron chi connectivity index (χ2n) is 4.59. The fraction of sp³-hybridized carbons (Fsp3) is 0.286. The summed E-state index contributed by atoms with van der Waals surface area (Å²) in [7, 11) is 1.30. The Morgan fingerprint density at radius 2 is 2.14 bits per heavy atom. The average Bonchev–Trinajstić information content (AvgIpc) is 2.81. The molecule has 2 aromatic rings. The van der Waals surface area contributed by atoms with Crippen molar-refractivity contribution in [3.05, 3.63) is 57.2 Å². The van der Waals surface area contributed by atoms with Crippen molar-refractivity contribution in [2.45, 2.75) is 20.4 Å². The van der Waals surface area contributed by atoms with E-state index in [9.17, 15) is 14.9 Å². The number of esters is 1. The Kier molecular flexibility index (Phi) is 4.02. The molecule has 7 nitrogen and oxygen atoms in total. The number of nitrogens with zero attached hydrogens (tertiary/aromatic N) is 3. The number of benzene rings is 1. The molecular formula is C14H15N3O4. The van der Waals surface area contributed by atoms with E-state index in [-0.39, 0.29) is 5.69 Å². The Hall–Kier alpha value is -2.70. The standard InChI is InChI=1S/C14H15N3O4/c1-9-11(5-4-6-12(9)17(19)20)8-16-10(2)15-7-13(16)14(18)21-3/h4-7H,8H2,1-3H3. The zero-order valence-electron chi connectivity index (χ0n) is 12.0. The molecule has 0 aliphatic carbocycles.